The molecule has 0 bridgehead atoms. The molecule has 1 aromatic heterocycles. The Morgan fingerprint density at radius 2 is 1.68 bits per heavy atom. The molecule has 7 nitrogen and oxygen atoms in total. The molecule has 2 amide bonds. The number of amides is 2. The van der Waals surface area contributed by atoms with Crippen molar-refractivity contribution in [2.75, 3.05) is 45.9 Å². The number of hydrogen-bond acceptors (Lipinski definition) is 5. The Morgan fingerprint density at radius 3 is 2.35 bits per heavy atom. The number of hydrogen-bond donors (Lipinski definition) is 0. The van der Waals surface area contributed by atoms with Crippen molar-refractivity contribution in [3.05, 3.63) is 93.4 Å². The Hall–Kier alpha value is -2.84. The molecule has 0 atom stereocenters. The van der Waals surface area contributed by atoms with Crippen molar-refractivity contribution in [3.63, 3.8) is 0 Å². The summed E-state index contributed by atoms with van der Waals surface area (Å²) in [6, 6.07) is 18.3. The van der Waals surface area contributed by atoms with Crippen LogP contribution in [-0.2, 0) is 22.6 Å². The molecule has 0 radical (unpaired) electrons. The lowest BCUT2D eigenvalue weighted by atomic mass is 10.2. The summed E-state index contributed by atoms with van der Waals surface area (Å²) >= 11 is 12.3. The zero-order valence-electron chi connectivity index (χ0n) is 20.9. The molecular formula is C28H31Cl2N3O4. The lowest BCUT2D eigenvalue weighted by Crippen LogP contribution is -2.47. The fourth-order valence-electron chi connectivity index (χ4n) is 4.21. The number of benzene rings is 2. The van der Waals surface area contributed by atoms with Crippen molar-refractivity contribution in [2.45, 2.75) is 20.0 Å². The van der Waals surface area contributed by atoms with Crippen LogP contribution in [0.4, 0.5) is 0 Å². The van der Waals surface area contributed by atoms with Crippen LogP contribution in [0, 0.1) is 6.92 Å². The van der Waals surface area contributed by atoms with E-state index in [1.54, 1.807) is 28.0 Å². The third kappa shape index (κ3) is 7.82. The highest BCUT2D eigenvalue weighted by Crippen LogP contribution is 2.23. The van der Waals surface area contributed by atoms with Crippen LogP contribution in [0.2, 0.25) is 10.0 Å². The van der Waals surface area contributed by atoms with Gasteiger partial charge in [-0.25, -0.2) is 0 Å². The van der Waals surface area contributed by atoms with Gasteiger partial charge in [-0.1, -0.05) is 53.5 Å². The summed E-state index contributed by atoms with van der Waals surface area (Å²) < 4.78 is 11.2. The largest absolute Gasteiger partial charge is 0.464 e. The zero-order chi connectivity index (χ0) is 26.2. The second kappa shape index (κ2) is 13.1. The van der Waals surface area contributed by atoms with Gasteiger partial charge in [0.1, 0.15) is 18.1 Å². The highest BCUT2D eigenvalue weighted by molar-refractivity contribution is 6.42. The van der Waals surface area contributed by atoms with Crippen LogP contribution in [0.1, 0.15) is 27.4 Å². The van der Waals surface area contributed by atoms with Crippen LogP contribution < -0.4 is 0 Å². The molecule has 1 saturated heterocycles. The van der Waals surface area contributed by atoms with Gasteiger partial charge in [-0.15, -0.1) is 0 Å². The van der Waals surface area contributed by atoms with E-state index < -0.39 is 0 Å². The van der Waals surface area contributed by atoms with Gasteiger partial charge in [0.15, 0.2) is 0 Å². The molecule has 1 aliphatic heterocycles. The average molecular weight is 544 g/mol. The highest BCUT2D eigenvalue weighted by Gasteiger charge is 2.25. The van der Waals surface area contributed by atoms with E-state index in [-0.39, 0.29) is 18.4 Å². The first kappa shape index (κ1) is 27.2. The predicted molar refractivity (Wildman–Crippen MR) is 144 cm³/mol. The third-order valence-corrected chi connectivity index (χ3v) is 7.02. The van der Waals surface area contributed by atoms with Crippen molar-refractivity contribution < 1.29 is 18.7 Å². The normalized spacial score (nSPS) is 13.9. The lowest BCUT2D eigenvalue weighted by Gasteiger charge is -2.31. The monoisotopic (exact) mass is 543 g/mol. The van der Waals surface area contributed by atoms with E-state index in [1.807, 2.05) is 49.4 Å². The minimum Gasteiger partial charge on any atom is -0.464 e. The van der Waals surface area contributed by atoms with Crippen LogP contribution in [0.5, 0.6) is 0 Å². The quantitative estimate of drug-likeness (QED) is 0.364. The van der Waals surface area contributed by atoms with Gasteiger partial charge in [0.2, 0.25) is 5.91 Å². The molecule has 1 fully saturated rings. The molecule has 0 spiro atoms. The van der Waals surface area contributed by atoms with Gasteiger partial charge in [0.25, 0.3) is 5.91 Å². The van der Waals surface area contributed by atoms with Gasteiger partial charge in [-0.2, -0.15) is 0 Å². The molecule has 1 aliphatic rings. The van der Waals surface area contributed by atoms with Crippen LogP contribution >= 0.6 is 23.2 Å². The maximum Gasteiger partial charge on any atom is 0.254 e. The summed E-state index contributed by atoms with van der Waals surface area (Å²) in [6.07, 6.45) is 0. The molecule has 196 valence electrons. The first-order valence-electron chi connectivity index (χ1n) is 12.3. The molecule has 2 aromatic carbocycles. The lowest BCUT2D eigenvalue weighted by molar-refractivity contribution is -0.133. The van der Waals surface area contributed by atoms with E-state index in [0.717, 1.165) is 24.4 Å². The number of ether oxygens (including phenoxy) is 1. The van der Waals surface area contributed by atoms with Crippen LogP contribution in [0.3, 0.4) is 0 Å². The number of halogens is 2. The number of carbonyl (C=O) groups excluding carboxylic acids is 2. The second-order valence-corrected chi connectivity index (χ2v) is 9.87. The summed E-state index contributed by atoms with van der Waals surface area (Å²) in [5, 5.41) is 0.669. The fraction of sp³-hybridized carbons (Fsp3) is 0.357. The van der Waals surface area contributed by atoms with Gasteiger partial charge in [0, 0.05) is 38.3 Å². The molecule has 0 unspecified atom stereocenters. The molecule has 0 N–H and O–H groups in total. The van der Waals surface area contributed by atoms with Crippen molar-refractivity contribution >= 4 is 35.0 Å². The van der Waals surface area contributed by atoms with Crippen LogP contribution in [0.25, 0.3) is 0 Å². The summed E-state index contributed by atoms with van der Waals surface area (Å²) in [6.45, 7) is 6.44. The van der Waals surface area contributed by atoms with Crippen molar-refractivity contribution in [1.82, 2.24) is 14.7 Å². The number of furan rings is 1. The Balaban J connectivity index is 1.54. The maximum atomic E-state index is 13.7. The summed E-state index contributed by atoms with van der Waals surface area (Å²) in [5.74, 6) is 1.03. The number of morpholine rings is 1. The SMILES string of the molecule is Cc1ccc(CN(Cc2ccccc2)C(=O)CN(CCN2CCOCC2)C(=O)c2ccc(Cl)c(Cl)c2)o1. The zero-order valence-corrected chi connectivity index (χ0v) is 22.4. The first-order chi connectivity index (χ1) is 17.9. The van der Waals surface area contributed by atoms with E-state index in [9.17, 15) is 9.59 Å². The minimum atomic E-state index is -0.270. The van der Waals surface area contributed by atoms with Gasteiger partial charge in [-0.05, 0) is 42.8 Å². The Morgan fingerprint density at radius 1 is 0.919 bits per heavy atom. The molecule has 4 rings (SSSR count). The molecule has 0 aliphatic carbocycles. The summed E-state index contributed by atoms with van der Waals surface area (Å²) in [7, 11) is 0. The minimum absolute atomic E-state index is 0.0735. The van der Waals surface area contributed by atoms with Crippen molar-refractivity contribution in [1.29, 1.82) is 0 Å². The van der Waals surface area contributed by atoms with Crippen LogP contribution in [-0.4, -0.2) is 72.5 Å². The molecule has 0 saturated carbocycles. The summed E-state index contributed by atoms with van der Waals surface area (Å²) in [5.41, 5.74) is 1.38. The van der Waals surface area contributed by atoms with Gasteiger partial charge in [-0.3, -0.25) is 14.5 Å². The molecular weight excluding hydrogens is 513 g/mol. The number of carbonyl (C=O) groups is 2. The predicted octanol–water partition coefficient (Wildman–Crippen LogP) is 4.90. The smallest absolute Gasteiger partial charge is 0.254 e. The van der Waals surface area contributed by atoms with E-state index in [0.29, 0.717) is 60.8 Å². The fourth-order valence-corrected chi connectivity index (χ4v) is 4.51. The van der Waals surface area contributed by atoms with Crippen LogP contribution in [0.15, 0.2) is 65.1 Å². The number of rotatable bonds is 10. The Labute approximate surface area is 227 Å². The maximum absolute atomic E-state index is 13.7. The molecule has 3 aromatic rings. The van der Waals surface area contributed by atoms with E-state index in [1.165, 1.54) is 0 Å². The average Bonchev–Trinajstić information content (AvgIpc) is 3.32. The topological polar surface area (TPSA) is 66.2 Å². The van der Waals surface area contributed by atoms with Gasteiger partial charge >= 0.3 is 0 Å². The van der Waals surface area contributed by atoms with E-state index in [2.05, 4.69) is 4.90 Å². The van der Waals surface area contributed by atoms with Crippen molar-refractivity contribution in [3.8, 4) is 0 Å². The van der Waals surface area contributed by atoms with E-state index in [4.69, 9.17) is 32.4 Å². The molecule has 37 heavy (non-hydrogen) atoms. The van der Waals surface area contributed by atoms with Gasteiger partial charge in [0.05, 0.1) is 29.8 Å². The highest BCUT2D eigenvalue weighted by atomic mass is 35.5. The molecule has 2 heterocycles. The molecule has 9 heteroatoms. The Bertz CT molecular complexity index is 1200. The third-order valence-electron chi connectivity index (χ3n) is 6.28. The van der Waals surface area contributed by atoms with Gasteiger partial charge < -0.3 is 19.0 Å². The number of nitrogens with zero attached hydrogens (tertiary/aromatic N) is 3. The first-order valence-corrected chi connectivity index (χ1v) is 13.1. The summed E-state index contributed by atoms with van der Waals surface area (Å²) in [4.78, 5) is 32.8. The Kier molecular flexibility index (Phi) is 9.63. The second-order valence-electron chi connectivity index (χ2n) is 9.06. The standard InChI is InChI=1S/C28H31Cl2N3O4/c1-21-7-9-24(37-21)19-33(18-22-5-3-2-4-6-22)27(34)20-32(12-11-31-13-15-36-16-14-31)28(35)23-8-10-25(29)26(30)17-23/h2-10,17H,11-16,18-20H2,1H3. The number of aryl methyl sites for hydroxylation is 1. The van der Waals surface area contributed by atoms with Crippen molar-refractivity contribution in [2.24, 2.45) is 0 Å². The van der Waals surface area contributed by atoms with E-state index >= 15 is 0 Å².